The molecule has 0 saturated carbocycles. The Bertz CT molecular complexity index is 1470. The van der Waals surface area contributed by atoms with Crippen LogP contribution in [-0.4, -0.2) is 32.6 Å². The summed E-state index contributed by atoms with van der Waals surface area (Å²) >= 11 is 0. The van der Waals surface area contributed by atoms with Crippen LogP contribution >= 0.6 is 0 Å². The van der Waals surface area contributed by atoms with Crippen LogP contribution in [0.4, 0.5) is 15.8 Å². The first kappa shape index (κ1) is 22.5. The second-order valence-electron chi connectivity index (χ2n) is 7.56. The van der Waals surface area contributed by atoms with Crippen LogP contribution in [0.15, 0.2) is 75.4 Å². The van der Waals surface area contributed by atoms with Gasteiger partial charge in [-0.05, 0) is 61.0 Å². The molecule has 0 aliphatic carbocycles. The molecular formula is C24H21FN2O5S. The van der Waals surface area contributed by atoms with Gasteiger partial charge in [0.05, 0.1) is 29.8 Å². The van der Waals surface area contributed by atoms with Crippen LogP contribution < -0.4 is 20.6 Å². The predicted molar refractivity (Wildman–Crippen MR) is 120 cm³/mol. The van der Waals surface area contributed by atoms with Crippen molar-refractivity contribution in [3.63, 3.8) is 0 Å². The predicted octanol–water partition coefficient (Wildman–Crippen LogP) is 3.06. The van der Waals surface area contributed by atoms with Crippen LogP contribution in [-0.2, 0) is 14.6 Å². The third kappa shape index (κ3) is 4.31. The Kier molecular flexibility index (Phi) is 5.90. The second kappa shape index (κ2) is 8.67. The van der Waals surface area contributed by atoms with E-state index in [0.717, 1.165) is 11.8 Å². The molecule has 0 fully saturated rings. The smallest absolute Gasteiger partial charge is 0.307 e. The van der Waals surface area contributed by atoms with E-state index in [4.69, 9.17) is 4.74 Å². The van der Waals surface area contributed by atoms with Crippen molar-refractivity contribution in [3.8, 4) is 5.75 Å². The summed E-state index contributed by atoms with van der Waals surface area (Å²) in [6, 6.07) is 15.0. The quantitative estimate of drug-likeness (QED) is 0.552. The molecule has 1 aliphatic heterocycles. The van der Waals surface area contributed by atoms with Gasteiger partial charge in [-0.1, -0.05) is 6.07 Å². The van der Waals surface area contributed by atoms with E-state index >= 15 is 0 Å². The number of hydrogen-bond acceptors (Lipinski definition) is 6. The lowest BCUT2D eigenvalue weighted by Crippen LogP contribution is -2.32. The maximum atomic E-state index is 14.9. The number of methoxy groups -OCH3 is 1. The Hall–Kier alpha value is -3.72. The van der Waals surface area contributed by atoms with Gasteiger partial charge < -0.3 is 15.2 Å². The number of benzene rings is 3. The summed E-state index contributed by atoms with van der Waals surface area (Å²) < 4.78 is 46.9. The summed E-state index contributed by atoms with van der Waals surface area (Å²) in [7, 11) is -2.72. The minimum atomic E-state index is -4.28. The Morgan fingerprint density at radius 2 is 1.85 bits per heavy atom. The van der Waals surface area contributed by atoms with Crippen molar-refractivity contribution in [2.75, 3.05) is 12.4 Å². The third-order valence-corrected chi connectivity index (χ3v) is 7.21. The Morgan fingerprint density at radius 1 is 1.12 bits per heavy atom. The van der Waals surface area contributed by atoms with Crippen molar-refractivity contribution < 1.29 is 27.4 Å². The van der Waals surface area contributed by atoms with Crippen LogP contribution in [0.3, 0.4) is 0 Å². The molecule has 3 aromatic rings. The highest BCUT2D eigenvalue weighted by Gasteiger charge is 2.29. The molecule has 0 saturated heterocycles. The van der Waals surface area contributed by atoms with Gasteiger partial charge >= 0.3 is 5.97 Å². The van der Waals surface area contributed by atoms with E-state index in [9.17, 15) is 22.7 Å². The summed E-state index contributed by atoms with van der Waals surface area (Å²) in [4.78, 5) is 15.0. The second-order valence-corrected chi connectivity index (χ2v) is 9.44. The van der Waals surface area contributed by atoms with Crippen molar-refractivity contribution in [2.24, 2.45) is 4.99 Å². The van der Waals surface area contributed by atoms with Crippen LogP contribution in [0, 0.1) is 5.82 Å². The number of nitrogens with zero attached hydrogens (tertiary/aromatic N) is 1. The number of ether oxygens (including phenoxy) is 1. The molecule has 1 heterocycles. The largest absolute Gasteiger partial charge is 0.497 e. The number of sulfone groups is 1. The highest BCUT2D eigenvalue weighted by Crippen LogP contribution is 2.26. The van der Waals surface area contributed by atoms with Crippen molar-refractivity contribution in [1.82, 2.24) is 0 Å². The molecule has 1 aliphatic rings. The molecule has 0 amide bonds. The van der Waals surface area contributed by atoms with Crippen molar-refractivity contribution in [2.45, 2.75) is 29.2 Å². The number of carbonyl (C=O) groups is 1. The summed E-state index contributed by atoms with van der Waals surface area (Å²) in [6.07, 6.45) is -0.424. The van der Waals surface area contributed by atoms with E-state index in [1.807, 2.05) is 12.1 Å². The van der Waals surface area contributed by atoms with Gasteiger partial charge in [-0.3, -0.25) is 9.79 Å². The molecule has 1 atom stereocenters. The minimum Gasteiger partial charge on any atom is -0.497 e. The van der Waals surface area contributed by atoms with Crippen LogP contribution in [0.1, 0.15) is 13.3 Å². The van der Waals surface area contributed by atoms with Gasteiger partial charge in [-0.25, -0.2) is 12.8 Å². The van der Waals surface area contributed by atoms with Crippen molar-refractivity contribution in [3.05, 3.63) is 77.1 Å². The topological polar surface area (TPSA) is 105 Å². The zero-order valence-corrected chi connectivity index (χ0v) is 18.7. The zero-order valence-electron chi connectivity index (χ0n) is 17.9. The van der Waals surface area contributed by atoms with E-state index in [-0.39, 0.29) is 21.0 Å². The molecule has 0 spiro atoms. The summed E-state index contributed by atoms with van der Waals surface area (Å²) in [5.41, 5.74) is 1.65. The first-order valence-electron chi connectivity index (χ1n) is 10.1. The van der Waals surface area contributed by atoms with E-state index in [1.165, 1.54) is 18.2 Å². The average molecular weight is 469 g/mol. The number of fused-ring (bicyclic) bond motifs is 1. The molecule has 33 heavy (non-hydrogen) atoms. The van der Waals surface area contributed by atoms with Gasteiger partial charge in [0.25, 0.3) is 0 Å². The Balaban J connectivity index is 1.76. The number of hydrogen-bond donors (Lipinski definition) is 2. The van der Waals surface area contributed by atoms with Crippen molar-refractivity contribution >= 4 is 32.8 Å². The Labute approximate surface area is 189 Å². The number of rotatable bonds is 7. The third-order valence-electron chi connectivity index (χ3n) is 5.38. The van der Waals surface area contributed by atoms with E-state index < -0.39 is 39.0 Å². The standard InChI is InChI=1S/C24H21FN2O5S/c1-14-19(13-22(28)29)23-21(26-14)11-10-20(25)24(23)33(30,31)18-8-6-15(7-9-18)27-16-4-3-5-17(12-16)32-2/h3-12,14,27H,13H2,1-2H3,(H,28,29). The summed E-state index contributed by atoms with van der Waals surface area (Å²) in [5, 5.41) is 12.7. The van der Waals surface area contributed by atoms with Gasteiger partial charge in [-0.2, -0.15) is 0 Å². The normalized spacial score (nSPS) is 15.0. The van der Waals surface area contributed by atoms with Crippen LogP contribution in [0.5, 0.6) is 5.75 Å². The molecule has 9 heteroatoms. The lowest BCUT2D eigenvalue weighted by Gasteiger charge is -2.11. The number of halogens is 1. The monoisotopic (exact) mass is 468 g/mol. The van der Waals surface area contributed by atoms with Gasteiger partial charge in [-0.15, -0.1) is 0 Å². The van der Waals surface area contributed by atoms with Gasteiger partial charge in [0.2, 0.25) is 9.84 Å². The molecule has 170 valence electrons. The molecule has 4 rings (SSSR count). The number of aliphatic carboxylic acids is 1. The molecule has 2 N–H and O–H groups in total. The molecule has 0 radical (unpaired) electrons. The number of anilines is 2. The van der Waals surface area contributed by atoms with Gasteiger partial charge in [0.15, 0.2) is 0 Å². The summed E-state index contributed by atoms with van der Waals surface area (Å²) in [6.45, 7) is 1.66. The van der Waals surface area contributed by atoms with Crippen LogP contribution in [0.25, 0.3) is 5.57 Å². The van der Waals surface area contributed by atoms with Crippen molar-refractivity contribution in [1.29, 1.82) is 0 Å². The average Bonchev–Trinajstić information content (AvgIpc) is 3.08. The van der Waals surface area contributed by atoms with Gasteiger partial charge in [0, 0.05) is 22.7 Å². The van der Waals surface area contributed by atoms with E-state index in [0.29, 0.717) is 11.4 Å². The fraction of sp³-hybridized carbons (Fsp3) is 0.167. The molecule has 7 nitrogen and oxygen atoms in total. The first-order chi connectivity index (χ1) is 15.7. The number of nitrogens with one attached hydrogen (secondary N) is 1. The number of carboxylic acid groups (broad SMARTS) is 1. The maximum Gasteiger partial charge on any atom is 0.307 e. The molecule has 3 aromatic carbocycles. The lowest BCUT2D eigenvalue weighted by molar-refractivity contribution is -0.135. The number of carboxylic acids is 1. The molecular weight excluding hydrogens is 447 g/mol. The highest BCUT2D eigenvalue weighted by atomic mass is 32.2. The van der Waals surface area contributed by atoms with Gasteiger partial charge in [0.1, 0.15) is 16.5 Å². The zero-order chi connectivity index (χ0) is 23.8. The fourth-order valence-electron chi connectivity index (χ4n) is 3.82. The van der Waals surface area contributed by atoms with E-state index in [2.05, 4.69) is 10.3 Å². The maximum absolute atomic E-state index is 14.9. The SMILES string of the molecule is COc1cccc(Nc2ccc(S(=O)(=O)c3c(F)ccc4c3=C(CC(=O)O)C(C)N=4)cc2)c1. The minimum absolute atomic E-state index is 0.0449. The summed E-state index contributed by atoms with van der Waals surface area (Å²) in [5.74, 6) is -1.42. The Morgan fingerprint density at radius 3 is 2.52 bits per heavy atom. The van der Waals surface area contributed by atoms with Crippen LogP contribution in [0.2, 0.25) is 0 Å². The molecule has 1 unspecified atom stereocenters. The first-order valence-corrected chi connectivity index (χ1v) is 11.6. The molecule has 0 bridgehead atoms. The lowest BCUT2D eigenvalue weighted by atomic mass is 10.0. The molecule has 0 aromatic heterocycles. The fourth-order valence-corrected chi connectivity index (χ4v) is 5.38. The highest BCUT2D eigenvalue weighted by molar-refractivity contribution is 7.91. The van der Waals surface area contributed by atoms with E-state index in [1.54, 1.807) is 38.3 Å².